The van der Waals surface area contributed by atoms with Gasteiger partial charge in [-0.1, -0.05) is 12.5 Å². The van der Waals surface area contributed by atoms with Crippen LogP contribution >= 0.6 is 0 Å². The van der Waals surface area contributed by atoms with Crippen LogP contribution in [0, 0.1) is 12.7 Å². The lowest BCUT2D eigenvalue weighted by molar-refractivity contribution is 0.371. The molecule has 0 unspecified atom stereocenters. The molecule has 6 heteroatoms. The maximum atomic E-state index is 15.3. The Morgan fingerprint density at radius 3 is 2.60 bits per heavy atom. The molecule has 4 rings (SSSR count). The monoisotopic (exact) mass is 336 g/mol. The van der Waals surface area contributed by atoms with Crippen molar-refractivity contribution in [2.45, 2.75) is 32.1 Å². The molecule has 2 heterocycles. The van der Waals surface area contributed by atoms with Crippen LogP contribution in [-0.2, 0) is 0 Å². The Morgan fingerprint density at radius 1 is 1.12 bits per heavy atom. The Bertz CT molecular complexity index is 897. The van der Waals surface area contributed by atoms with E-state index in [1.165, 1.54) is 0 Å². The Kier molecular flexibility index (Phi) is 4.09. The lowest BCUT2D eigenvalue weighted by Gasteiger charge is -2.28. The van der Waals surface area contributed by atoms with Gasteiger partial charge in [0.1, 0.15) is 0 Å². The first-order valence-corrected chi connectivity index (χ1v) is 8.28. The molecule has 0 amide bonds. The highest BCUT2D eigenvalue weighted by Crippen LogP contribution is 2.44. The number of rotatable bonds is 4. The average molecular weight is 336 g/mol. The summed E-state index contributed by atoms with van der Waals surface area (Å²) in [5.74, 6) is 0.0549. The smallest absolute Gasteiger partial charge is 0.321 e. The summed E-state index contributed by atoms with van der Waals surface area (Å²) in [6, 6.07) is 5.50. The zero-order chi connectivity index (χ0) is 17.2. The second-order valence-electron chi connectivity index (χ2n) is 6.15. The zero-order valence-corrected chi connectivity index (χ0v) is 13.8. The van der Waals surface area contributed by atoms with Gasteiger partial charge in [-0.3, -0.25) is 4.98 Å². The second kappa shape index (κ2) is 6.55. The highest BCUT2D eigenvalue weighted by atomic mass is 19.1. The van der Waals surface area contributed by atoms with Gasteiger partial charge < -0.3 is 4.74 Å². The summed E-state index contributed by atoms with van der Waals surface area (Å²) in [5, 5.41) is 0. The van der Waals surface area contributed by atoms with Crippen LogP contribution in [0.2, 0.25) is 0 Å². The molecule has 0 N–H and O–H groups in total. The Labute approximate surface area is 145 Å². The third kappa shape index (κ3) is 3.07. The van der Waals surface area contributed by atoms with E-state index in [1.807, 2.05) is 13.0 Å². The third-order valence-corrected chi connectivity index (χ3v) is 4.44. The molecule has 0 radical (unpaired) electrons. The van der Waals surface area contributed by atoms with Crippen molar-refractivity contribution in [2.24, 2.45) is 0 Å². The van der Waals surface area contributed by atoms with E-state index in [2.05, 4.69) is 19.9 Å². The van der Waals surface area contributed by atoms with E-state index in [0.29, 0.717) is 17.2 Å². The predicted octanol–water partition coefficient (Wildman–Crippen LogP) is 4.44. The highest BCUT2D eigenvalue weighted by Gasteiger charge is 2.27. The molecule has 5 nitrogen and oxygen atoms in total. The van der Waals surface area contributed by atoms with Gasteiger partial charge in [-0.25, -0.2) is 19.3 Å². The van der Waals surface area contributed by atoms with Crippen LogP contribution in [0.1, 0.15) is 36.4 Å². The topological polar surface area (TPSA) is 60.8 Å². The van der Waals surface area contributed by atoms with Gasteiger partial charge in [0.15, 0.2) is 11.6 Å². The fourth-order valence-electron chi connectivity index (χ4n) is 2.94. The maximum absolute atomic E-state index is 15.3. The lowest BCUT2D eigenvalue weighted by atomic mass is 9.79. The number of hydrogen-bond acceptors (Lipinski definition) is 5. The standard InChI is InChI=1S/C19H17FN4O/c1-12-10-21-11-16(24-12)15-7-6-14(13-4-2-5-13)18(17(15)20)25-19-22-8-3-9-23-19/h3,6-11,13H,2,4-5H2,1H3. The molecular formula is C19H17FN4O. The first kappa shape index (κ1) is 15.6. The van der Waals surface area contributed by atoms with E-state index in [4.69, 9.17) is 4.74 Å². The number of hydrogen-bond donors (Lipinski definition) is 0. The molecule has 1 aliphatic rings. The number of nitrogens with zero attached hydrogens (tertiary/aromatic N) is 4. The van der Waals surface area contributed by atoms with Crippen LogP contribution in [-0.4, -0.2) is 19.9 Å². The molecule has 2 aromatic heterocycles. The molecule has 1 aliphatic carbocycles. The van der Waals surface area contributed by atoms with E-state index in [9.17, 15) is 0 Å². The van der Waals surface area contributed by atoms with Crippen molar-refractivity contribution in [2.75, 3.05) is 0 Å². The van der Waals surface area contributed by atoms with Gasteiger partial charge in [0.2, 0.25) is 0 Å². The molecule has 3 aromatic rings. The van der Waals surface area contributed by atoms with Gasteiger partial charge in [-0.2, -0.15) is 0 Å². The Balaban J connectivity index is 1.81. The first-order chi connectivity index (χ1) is 12.2. The molecule has 0 bridgehead atoms. The maximum Gasteiger partial charge on any atom is 0.321 e. The largest absolute Gasteiger partial charge is 0.421 e. The van der Waals surface area contributed by atoms with Crippen LogP contribution in [0.15, 0.2) is 43.0 Å². The molecule has 1 aromatic carbocycles. The molecule has 0 aliphatic heterocycles. The van der Waals surface area contributed by atoms with Crippen LogP contribution in [0.5, 0.6) is 11.8 Å². The van der Waals surface area contributed by atoms with Crippen molar-refractivity contribution in [3.05, 3.63) is 60.1 Å². The van der Waals surface area contributed by atoms with Gasteiger partial charge in [0.25, 0.3) is 0 Å². The van der Waals surface area contributed by atoms with E-state index < -0.39 is 5.82 Å². The van der Waals surface area contributed by atoms with Crippen molar-refractivity contribution in [3.63, 3.8) is 0 Å². The fourth-order valence-corrected chi connectivity index (χ4v) is 2.94. The first-order valence-electron chi connectivity index (χ1n) is 8.28. The fraction of sp³-hybridized carbons (Fsp3) is 0.263. The van der Waals surface area contributed by atoms with E-state index in [-0.39, 0.29) is 11.8 Å². The number of aryl methyl sites for hydroxylation is 1. The lowest BCUT2D eigenvalue weighted by Crippen LogP contribution is -2.11. The third-order valence-electron chi connectivity index (χ3n) is 4.44. The quantitative estimate of drug-likeness (QED) is 0.705. The van der Waals surface area contributed by atoms with Crippen LogP contribution in [0.25, 0.3) is 11.3 Å². The summed E-state index contributed by atoms with van der Waals surface area (Å²) < 4.78 is 21.1. The average Bonchev–Trinajstić information content (AvgIpc) is 2.57. The molecule has 1 fully saturated rings. The van der Waals surface area contributed by atoms with Crippen LogP contribution < -0.4 is 4.74 Å². The minimum absolute atomic E-state index is 0.134. The number of halogens is 1. The number of aromatic nitrogens is 4. The van der Waals surface area contributed by atoms with Crippen LogP contribution in [0.4, 0.5) is 4.39 Å². The molecule has 126 valence electrons. The molecule has 0 spiro atoms. The van der Waals surface area contributed by atoms with Gasteiger partial charge in [0, 0.05) is 29.7 Å². The van der Waals surface area contributed by atoms with E-state index in [0.717, 1.165) is 30.5 Å². The van der Waals surface area contributed by atoms with Crippen molar-refractivity contribution in [1.82, 2.24) is 19.9 Å². The predicted molar refractivity (Wildman–Crippen MR) is 90.9 cm³/mol. The van der Waals surface area contributed by atoms with E-state index >= 15 is 4.39 Å². The molecular weight excluding hydrogens is 319 g/mol. The van der Waals surface area contributed by atoms with Crippen molar-refractivity contribution in [3.8, 4) is 23.0 Å². The highest BCUT2D eigenvalue weighted by molar-refractivity contribution is 5.64. The number of ether oxygens (including phenoxy) is 1. The van der Waals surface area contributed by atoms with Gasteiger partial charge in [-0.15, -0.1) is 0 Å². The molecule has 0 atom stereocenters. The van der Waals surface area contributed by atoms with E-state index in [1.54, 1.807) is 36.9 Å². The summed E-state index contributed by atoms with van der Waals surface area (Å²) in [6.07, 6.45) is 9.55. The zero-order valence-electron chi connectivity index (χ0n) is 13.8. The second-order valence-corrected chi connectivity index (χ2v) is 6.15. The Hall–Kier alpha value is -2.89. The minimum Gasteiger partial charge on any atom is -0.421 e. The number of benzene rings is 1. The summed E-state index contributed by atoms with van der Waals surface area (Å²) >= 11 is 0. The minimum atomic E-state index is -0.447. The van der Waals surface area contributed by atoms with Crippen LogP contribution in [0.3, 0.4) is 0 Å². The summed E-state index contributed by atoms with van der Waals surface area (Å²) in [5.41, 5.74) is 2.44. The van der Waals surface area contributed by atoms with Gasteiger partial charge in [-0.05, 0) is 37.8 Å². The summed E-state index contributed by atoms with van der Waals surface area (Å²) in [4.78, 5) is 16.6. The molecule has 0 saturated heterocycles. The molecule has 25 heavy (non-hydrogen) atoms. The normalized spacial score (nSPS) is 14.2. The summed E-state index contributed by atoms with van der Waals surface area (Å²) in [6.45, 7) is 1.83. The van der Waals surface area contributed by atoms with Gasteiger partial charge in [0.05, 0.1) is 17.6 Å². The van der Waals surface area contributed by atoms with Crippen molar-refractivity contribution in [1.29, 1.82) is 0 Å². The van der Waals surface area contributed by atoms with Crippen molar-refractivity contribution < 1.29 is 9.13 Å². The van der Waals surface area contributed by atoms with Gasteiger partial charge >= 0.3 is 6.01 Å². The summed E-state index contributed by atoms with van der Waals surface area (Å²) in [7, 11) is 0. The van der Waals surface area contributed by atoms with Crippen molar-refractivity contribution >= 4 is 0 Å². The SMILES string of the molecule is Cc1cncc(-c2ccc(C3CCC3)c(Oc3ncccn3)c2F)n1. The Morgan fingerprint density at radius 2 is 1.92 bits per heavy atom. The molecule has 1 saturated carbocycles.